The van der Waals surface area contributed by atoms with E-state index in [1.807, 2.05) is 36.4 Å². The number of phosphoric acid groups is 1. The van der Waals surface area contributed by atoms with Crippen LogP contribution in [0.1, 0.15) is 11.1 Å². The summed E-state index contributed by atoms with van der Waals surface area (Å²) >= 11 is 1.51. The minimum absolute atomic E-state index is 0.191. The van der Waals surface area contributed by atoms with Gasteiger partial charge in [0.2, 0.25) is 0 Å². The quantitative estimate of drug-likeness (QED) is 0.479. The highest BCUT2D eigenvalue weighted by molar-refractivity contribution is 7.99. The number of fused-ring (bicyclic) bond motifs is 2. The molecule has 154 valence electrons. The summed E-state index contributed by atoms with van der Waals surface area (Å²) in [5, 5.41) is 0. The van der Waals surface area contributed by atoms with Gasteiger partial charge in [0.25, 0.3) is 0 Å². The van der Waals surface area contributed by atoms with E-state index < -0.39 is 7.82 Å². The molecule has 0 amide bonds. The van der Waals surface area contributed by atoms with Crippen LogP contribution in [0.2, 0.25) is 0 Å². The van der Waals surface area contributed by atoms with Crippen LogP contribution in [0, 0.1) is 0 Å². The van der Waals surface area contributed by atoms with E-state index in [1.54, 1.807) is 31.4 Å². The summed E-state index contributed by atoms with van der Waals surface area (Å²) in [5.74, 6) is 1.67. The molecular weight excluding hydrogens is 423 g/mol. The number of methoxy groups -OCH3 is 2. The molecule has 1 heterocycles. The number of rotatable bonds is 6. The summed E-state index contributed by atoms with van der Waals surface area (Å²) in [6, 6.07) is 19.5. The van der Waals surface area contributed by atoms with E-state index in [0.29, 0.717) is 17.1 Å². The second kappa shape index (κ2) is 8.48. The third kappa shape index (κ3) is 4.33. The van der Waals surface area contributed by atoms with E-state index in [2.05, 4.69) is 0 Å². The fourth-order valence-electron chi connectivity index (χ4n) is 2.99. The zero-order valence-electron chi connectivity index (χ0n) is 16.3. The Kier molecular flexibility index (Phi) is 5.77. The van der Waals surface area contributed by atoms with Crippen molar-refractivity contribution >= 4 is 31.4 Å². The number of hydrogen-bond donors (Lipinski definition) is 1. The second-order valence-corrected chi connectivity index (χ2v) is 8.67. The van der Waals surface area contributed by atoms with Gasteiger partial charge in [0, 0.05) is 10.5 Å². The lowest BCUT2D eigenvalue weighted by molar-refractivity contribution is 0.277. The molecule has 1 aliphatic heterocycles. The van der Waals surface area contributed by atoms with Gasteiger partial charge in [-0.3, -0.25) is 4.89 Å². The Morgan fingerprint density at radius 3 is 2.30 bits per heavy atom. The maximum atomic E-state index is 12.8. The van der Waals surface area contributed by atoms with Crippen molar-refractivity contribution in [2.75, 3.05) is 14.2 Å². The summed E-state index contributed by atoms with van der Waals surface area (Å²) in [6.45, 7) is 0. The smallest absolute Gasteiger partial charge is 0.497 e. The van der Waals surface area contributed by atoms with Crippen LogP contribution in [0.5, 0.6) is 17.2 Å². The van der Waals surface area contributed by atoms with Crippen LogP contribution in [0.25, 0.3) is 11.8 Å². The maximum Gasteiger partial charge on any atom is 0.584 e. The van der Waals surface area contributed by atoms with E-state index in [4.69, 9.17) is 18.5 Å². The van der Waals surface area contributed by atoms with Crippen molar-refractivity contribution in [3.05, 3.63) is 77.9 Å². The van der Waals surface area contributed by atoms with E-state index in [1.165, 1.54) is 31.0 Å². The van der Waals surface area contributed by atoms with Gasteiger partial charge >= 0.3 is 7.82 Å². The molecule has 0 spiro atoms. The molecular formula is C22H19O6PS. The van der Waals surface area contributed by atoms with Crippen molar-refractivity contribution in [3.63, 3.8) is 0 Å². The Hall–Kier alpha value is -2.86. The lowest BCUT2D eigenvalue weighted by atomic mass is 10.1. The number of hydrogen-bond acceptors (Lipinski definition) is 6. The first-order chi connectivity index (χ1) is 14.5. The molecule has 0 saturated carbocycles. The summed E-state index contributed by atoms with van der Waals surface area (Å²) in [4.78, 5) is 12.2. The Balaban J connectivity index is 1.71. The van der Waals surface area contributed by atoms with Crippen molar-refractivity contribution in [1.82, 2.24) is 0 Å². The van der Waals surface area contributed by atoms with E-state index in [0.717, 1.165) is 15.4 Å². The highest BCUT2D eigenvalue weighted by Crippen LogP contribution is 2.52. The highest BCUT2D eigenvalue weighted by atomic mass is 32.2. The molecule has 0 aromatic heterocycles. The Morgan fingerprint density at radius 1 is 0.833 bits per heavy atom. The molecule has 3 aromatic rings. The summed E-state index contributed by atoms with van der Waals surface area (Å²) in [7, 11) is -1.35. The molecule has 0 radical (unpaired) electrons. The lowest BCUT2D eigenvalue weighted by Gasteiger charge is -2.18. The van der Waals surface area contributed by atoms with Crippen molar-refractivity contribution in [2.24, 2.45) is 0 Å². The zero-order valence-corrected chi connectivity index (χ0v) is 18.0. The summed E-state index contributed by atoms with van der Waals surface area (Å²) in [6.07, 6.45) is 1.73. The normalized spacial score (nSPS) is 14.3. The first-order valence-corrected chi connectivity index (χ1v) is 11.3. The zero-order chi connectivity index (χ0) is 21.1. The van der Waals surface area contributed by atoms with Crippen LogP contribution in [-0.2, 0) is 9.09 Å². The molecule has 6 nitrogen and oxygen atoms in total. The molecule has 1 N–H and O–H groups in total. The SMILES string of the molecule is COc1ccc(OP(=O)(O)OC2=Cc3ccccc3Sc3c(OC)cccc32)cc1. The van der Waals surface area contributed by atoms with Gasteiger partial charge in [-0.1, -0.05) is 36.0 Å². The van der Waals surface area contributed by atoms with Crippen molar-refractivity contribution < 1.29 is 28.0 Å². The molecule has 4 rings (SSSR count). The van der Waals surface area contributed by atoms with Gasteiger partial charge in [-0.05, 0) is 54.1 Å². The van der Waals surface area contributed by atoms with E-state index in [9.17, 15) is 9.46 Å². The molecule has 1 unspecified atom stereocenters. The van der Waals surface area contributed by atoms with Gasteiger partial charge in [-0.2, -0.15) is 0 Å². The Labute approximate surface area is 178 Å². The molecule has 30 heavy (non-hydrogen) atoms. The Morgan fingerprint density at radius 2 is 1.57 bits per heavy atom. The lowest BCUT2D eigenvalue weighted by Crippen LogP contribution is -1.99. The predicted molar refractivity (Wildman–Crippen MR) is 116 cm³/mol. The molecule has 0 fully saturated rings. The molecule has 1 aliphatic rings. The fraction of sp³-hybridized carbons (Fsp3) is 0.0909. The minimum atomic E-state index is -4.48. The van der Waals surface area contributed by atoms with Crippen LogP contribution in [0.4, 0.5) is 0 Å². The van der Waals surface area contributed by atoms with Gasteiger partial charge < -0.3 is 18.5 Å². The molecule has 0 aliphatic carbocycles. The van der Waals surface area contributed by atoms with Crippen LogP contribution < -0.4 is 14.0 Å². The largest absolute Gasteiger partial charge is 0.584 e. The molecule has 1 atom stereocenters. The minimum Gasteiger partial charge on any atom is -0.497 e. The first kappa shape index (κ1) is 20.4. The Bertz CT molecular complexity index is 1140. The van der Waals surface area contributed by atoms with Crippen molar-refractivity contribution in [1.29, 1.82) is 0 Å². The third-order valence-corrected chi connectivity index (χ3v) is 6.46. The van der Waals surface area contributed by atoms with Gasteiger partial charge in [0.15, 0.2) is 0 Å². The number of phosphoric ester groups is 1. The van der Waals surface area contributed by atoms with Gasteiger partial charge in [-0.15, -0.1) is 0 Å². The predicted octanol–water partition coefficient (Wildman–Crippen LogP) is 5.86. The number of benzene rings is 3. The summed E-state index contributed by atoms with van der Waals surface area (Å²) in [5.41, 5.74) is 1.50. The summed E-state index contributed by atoms with van der Waals surface area (Å²) < 4.78 is 34.2. The third-order valence-electron chi connectivity index (χ3n) is 4.38. The standard InChI is InChI=1S/C22H19O6PS/c1-25-16-10-12-17(13-11-16)27-29(23,24)28-20-14-15-6-3-4-9-21(15)30-22-18(20)7-5-8-19(22)26-2/h3-14H,1-2H3,(H,23,24). The van der Waals surface area contributed by atoms with Gasteiger partial charge in [0.1, 0.15) is 23.0 Å². The average molecular weight is 442 g/mol. The highest BCUT2D eigenvalue weighted by Gasteiger charge is 2.30. The maximum absolute atomic E-state index is 12.8. The molecule has 0 bridgehead atoms. The van der Waals surface area contributed by atoms with E-state index in [-0.39, 0.29) is 11.5 Å². The monoisotopic (exact) mass is 442 g/mol. The molecule has 0 saturated heterocycles. The van der Waals surface area contributed by atoms with Crippen molar-refractivity contribution in [2.45, 2.75) is 9.79 Å². The first-order valence-electron chi connectivity index (χ1n) is 9.01. The van der Waals surface area contributed by atoms with E-state index >= 15 is 0 Å². The van der Waals surface area contributed by atoms with Crippen LogP contribution in [-0.4, -0.2) is 19.1 Å². The van der Waals surface area contributed by atoms with Crippen LogP contribution >= 0.6 is 19.6 Å². The van der Waals surface area contributed by atoms with Gasteiger partial charge in [0.05, 0.1) is 19.1 Å². The topological polar surface area (TPSA) is 74.2 Å². The van der Waals surface area contributed by atoms with Crippen LogP contribution in [0.3, 0.4) is 0 Å². The fourth-order valence-corrected chi connectivity index (χ4v) is 4.95. The molecule has 8 heteroatoms. The van der Waals surface area contributed by atoms with Crippen molar-refractivity contribution in [3.8, 4) is 17.2 Å². The number of ether oxygens (including phenoxy) is 2. The molecule has 3 aromatic carbocycles. The average Bonchev–Trinajstić information content (AvgIpc) is 2.90. The van der Waals surface area contributed by atoms with Gasteiger partial charge in [-0.25, -0.2) is 4.57 Å². The second-order valence-electron chi connectivity index (χ2n) is 6.31. The van der Waals surface area contributed by atoms with Crippen LogP contribution in [0.15, 0.2) is 76.5 Å².